The number of rotatable bonds is 25. The summed E-state index contributed by atoms with van der Waals surface area (Å²) in [5.41, 5.74) is 8.58. The molecular weight excluding hydrogens is 2090 g/mol. The molecule has 5 amide bonds. The third-order valence-electron chi connectivity index (χ3n) is 17.9. The summed E-state index contributed by atoms with van der Waals surface area (Å²) < 4.78 is 42.0. The van der Waals surface area contributed by atoms with Gasteiger partial charge in [-0.2, -0.15) is 14.9 Å². The van der Waals surface area contributed by atoms with Crippen LogP contribution in [0.25, 0.3) is 0 Å². The third kappa shape index (κ3) is 74.7. The standard InChI is InChI=1S/C15H23NO4S.C13H18BrNO2S.C13H17NO3S.C13H19NO2S.C12H19NO2S.C8H13NS.C4H6O4.C3H5ClO2.C3H4O2.C2H3BO2.C2H3N.CH2O3.CO2.BHNS.3Na.H2O/c1-4-12(10-13-8-7-9-21-13)16(15(18)20-6-3)11-14(17)19-5-2;1-3-10-8-11-9(7-12(14)18-11)5-6-15(10)13(16)17-4-2;1-3-9-7-12-10(5-6-18-12)11(15)8-14(9)13(16)17-4-2;1-3-11-9-12-10(6-8-17-12)5-7-14(11)13(15)16-4-2;1-4-10(9-11-7-6-8-16-11)13(3)12(14)15-5-2;1-2-7(9)6-8-4-3-5-10-8;1-3(5)7-8-4(2)6;1-2-6-3(4)5;1-3(5)2-4;1-2(4)5-3;1-2-3;2-1-4-3;2-1-3;1-2-3;;;;/h7-9,12H,4-6,10-11H2,1-3H3;7,10H,3-6,8H2,1-2H3;5-6,9H,3-4,7-8H2,1-2H3;6,8,11H,3-5,7,9H2,1-2H3;6-8,10H,4-5,9H2,1-3H3;3-5,7H,2,6,9H2,1H3;1-2H3;2H2,1H3;2H,1H3;1H3;1H3;1,3H;;3H;;;;1H2/q;;;;;;;;;-1;;;;;3*+1;/p-2. The van der Waals surface area contributed by atoms with Crippen molar-refractivity contribution in [2.75, 3.05) is 79.5 Å². The fourth-order valence-corrected chi connectivity index (χ4v) is 17.9. The Labute approximate surface area is 940 Å². The first kappa shape index (κ1) is 152. The largest absolute Gasteiger partial charge is 1.00 e. The summed E-state index contributed by atoms with van der Waals surface area (Å²) in [6.45, 7) is 35.2. The van der Waals surface area contributed by atoms with Crippen molar-refractivity contribution in [3.63, 3.8) is 0 Å². The summed E-state index contributed by atoms with van der Waals surface area (Å²) in [5, 5.41) is 26.0. The number of ether oxygens (including phenoxy) is 7. The van der Waals surface area contributed by atoms with Crippen LogP contribution >= 0.6 is 108 Å². The van der Waals surface area contributed by atoms with E-state index in [1.165, 1.54) is 65.0 Å². The molecule has 6 unspecified atom stereocenters. The molecular formula is C90H133B2BrClN8Na3O29S7. The van der Waals surface area contributed by atoms with Gasteiger partial charge in [0.2, 0.25) is 5.97 Å². The molecule has 4 radical (unpaired) electrons. The van der Waals surface area contributed by atoms with Gasteiger partial charge in [-0.25, -0.2) is 48.1 Å². The number of fused-ring (bicyclic) bond motifs is 3. The molecule has 0 saturated carbocycles. The van der Waals surface area contributed by atoms with Gasteiger partial charge in [-0.15, -0.1) is 68.0 Å². The molecule has 0 saturated heterocycles. The van der Waals surface area contributed by atoms with E-state index in [2.05, 4.69) is 147 Å². The average Bonchev–Trinajstić information content (AvgIpc) is 1.68. The topological polar surface area (TPSA) is 506 Å². The van der Waals surface area contributed by atoms with E-state index in [1.807, 2.05) is 79.4 Å². The van der Waals surface area contributed by atoms with Gasteiger partial charge in [0.1, 0.15) is 6.54 Å². The zero-order valence-corrected chi connectivity index (χ0v) is 98.9. The van der Waals surface area contributed by atoms with Crippen LogP contribution in [0.2, 0.25) is 0 Å². The second-order valence-electron chi connectivity index (χ2n) is 27.3. The molecule has 9 heterocycles. The fourth-order valence-electron chi connectivity index (χ4n) is 11.6. The van der Waals surface area contributed by atoms with E-state index < -0.39 is 41.2 Å². The van der Waals surface area contributed by atoms with Gasteiger partial charge in [-0.3, -0.25) is 38.6 Å². The Morgan fingerprint density at radius 3 is 1.32 bits per heavy atom. The summed E-state index contributed by atoms with van der Waals surface area (Å²) in [6.07, 6.45) is 11.8. The number of carbonyl (C=O) groups excluding carboxylic acids is 16. The Kier molecular flexibility index (Phi) is 107. The maximum Gasteiger partial charge on any atom is 1.00 e. The van der Waals surface area contributed by atoms with Crippen molar-refractivity contribution in [1.82, 2.24) is 24.5 Å². The number of halogens is 2. The number of thiophene rings is 6. The number of esters is 1. The van der Waals surface area contributed by atoms with Gasteiger partial charge in [-0.1, -0.05) is 59.7 Å². The minimum Gasteiger partial charge on any atom is -0.870 e. The molecule has 772 valence electrons. The van der Waals surface area contributed by atoms with Crippen molar-refractivity contribution in [3.8, 4) is 6.07 Å². The molecule has 37 nitrogen and oxygen atoms in total. The Bertz CT molecular complexity index is 4400. The van der Waals surface area contributed by atoms with E-state index in [9.17, 15) is 57.5 Å². The number of nitriles is 1. The first-order valence-electron chi connectivity index (χ1n) is 43.4. The van der Waals surface area contributed by atoms with E-state index >= 15 is 0 Å². The van der Waals surface area contributed by atoms with E-state index in [0.29, 0.717) is 52.1 Å². The minimum atomic E-state index is -0.738. The third-order valence-corrected chi connectivity index (χ3v) is 24.4. The molecule has 9 rings (SSSR count). The smallest absolute Gasteiger partial charge is 0.870 e. The van der Waals surface area contributed by atoms with Crippen LogP contribution in [0.1, 0.15) is 214 Å². The number of likely N-dealkylation sites (N-methyl/N-ethyl adjacent to an activating group) is 1. The molecule has 6 atom stereocenters. The monoisotopic (exact) mass is 2220 g/mol. The Hall–Kier alpha value is -6.82. The van der Waals surface area contributed by atoms with E-state index in [1.54, 1.807) is 119 Å². The van der Waals surface area contributed by atoms with Crippen LogP contribution in [0.5, 0.6) is 0 Å². The first-order chi connectivity index (χ1) is 65.3. The van der Waals surface area contributed by atoms with Crippen LogP contribution in [-0.2, 0) is 147 Å². The Morgan fingerprint density at radius 1 is 0.596 bits per heavy atom. The first-order valence-corrected chi connectivity index (χ1v) is 50.2. The number of Topliss-reactive ketones (excluding diaryl/α,β-unsaturated/α-hetero) is 2. The molecule has 0 fully saturated rings. The summed E-state index contributed by atoms with van der Waals surface area (Å²) in [7, 11) is 10.5. The van der Waals surface area contributed by atoms with Crippen molar-refractivity contribution < 1.29 is 229 Å². The van der Waals surface area contributed by atoms with Crippen LogP contribution in [0.15, 0.2) is 89.6 Å². The van der Waals surface area contributed by atoms with Gasteiger partial charge in [-0.05, 0) is 197 Å². The number of amides is 5. The van der Waals surface area contributed by atoms with Gasteiger partial charge in [0.15, 0.2) is 17.9 Å². The molecule has 3 aliphatic rings. The molecule has 51 heteroatoms. The molecule has 141 heavy (non-hydrogen) atoms. The number of thiol groups is 1. The van der Waals surface area contributed by atoms with Crippen LogP contribution in [-0.4, -0.2) is 252 Å². The Morgan fingerprint density at radius 2 is 0.965 bits per heavy atom. The van der Waals surface area contributed by atoms with Crippen molar-refractivity contribution in [2.45, 2.75) is 251 Å². The van der Waals surface area contributed by atoms with E-state index in [-0.39, 0.29) is 193 Å². The van der Waals surface area contributed by atoms with Gasteiger partial charge in [0.25, 0.3) is 6.47 Å². The van der Waals surface area contributed by atoms with Crippen LogP contribution in [0, 0.1) is 11.3 Å². The fraction of sp³-hybridized carbons (Fsp3) is 0.556. The number of nitrogens with zero attached hydrogens (tertiary/aromatic N) is 7. The summed E-state index contributed by atoms with van der Waals surface area (Å²) in [5.74, 6) is -2.57. The quantitative estimate of drug-likeness (QED) is 0.00628. The van der Waals surface area contributed by atoms with E-state index in [0.717, 1.165) is 121 Å². The van der Waals surface area contributed by atoms with Crippen LogP contribution < -0.4 is 99.7 Å². The van der Waals surface area contributed by atoms with Crippen molar-refractivity contribution in [3.05, 3.63) is 131 Å². The normalized spacial score (nSPS) is 13.0. The summed E-state index contributed by atoms with van der Waals surface area (Å²) >= 11 is 21.8. The zero-order valence-electron chi connectivity index (χ0n) is 84.8. The van der Waals surface area contributed by atoms with Crippen LogP contribution in [0.3, 0.4) is 0 Å². The number of aldehydes is 1. The second kappa shape index (κ2) is 99.2. The van der Waals surface area contributed by atoms with E-state index in [4.69, 9.17) is 75.5 Å². The van der Waals surface area contributed by atoms with Gasteiger partial charge >= 0.3 is 173 Å². The summed E-state index contributed by atoms with van der Waals surface area (Å²) in [6, 6.07) is 21.4. The number of ketones is 2. The van der Waals surface area contributed by atoms with Crippen molar-refractivity contribution >= 4 is 214 Å². The van der Waals surface area contributed by atoms with Gasteiger partial charge < -0.3 is 81.9 Å². The Balaban J connectivity index is -0.000000197. The zero-order chi connectivity index (χ0) is 105. The minimum absolute atomic E-state index is 0. The molecule has 3 aliphatic heterocycles. The predicted molar refractivity (Wildman–Crippen MR) is 536 cm³/mol. The molecule has 0 spiro atoms. The number of nitrogens with two attached hydrogens (primary N) is 1. The molecule has 3 N–H and O–H groups in total. The molecule has 6 aromatic rings. The number of hydrogen-bond donors (Lipinski definition) is 2. The molecule has 6 aromatic heterocycles. The average molecular weight is 2220 g/mol. The maximum atomic E-state index is 12.1. The molecule has 0 bridgehead atoms. The molecule has 0 aromatic carbocycles. The second-order valence-corrected chi connectivity index (χ2v) is 35.5. The van der Waals surface area contributed by atoms with Gasteiger partial charge in [0, 0.05) is 170 Å². The van der Waals surface area contributed by atoms with Gasteiger partial charge in [0.05, 0.1) is 62.6 Å². The summed E-state index contributed by atoms with van der Waals surface area (Å²) in [4.78, 5) is 192. The maximum absolute atomic E-state index is 12.1. The van der Waals surface area contributed by atoms with Crippen molar-refractivity contribution in [1.29, 1.82) is 5.26 Å². The van der Waals surface area contributed by atoms with Crippen LogP contribution in [0.4, 0.5) is 28.8 Å². The molecule has 0 aliphatic carbocycles. The number of carbonyl (C=O) groups is 14. The SMILES string of the molecule is CC#N.CC(=O)C=O.CC(=O)OOC(C)=O.CCC(N)Cc1cccs1.CCOC(=O)CN(C(=O)OCC)C(CC)Cc1cccs1.CCOC(=O)Cl.CCOC(=O)N(C)C(CC)Cc1cccs1.CCOC(=O)N1CC(=O)c2ccsc2CC1CC.CCOC(=O)N1CCc2cc(Br)sc2CC1CC.CCOC(=O)N1CCc2ccsc2CC1CC.O=C=O.O=CO[O-].[B-]OC(C)=O.[B]=NS.[Na+].[Na+].[Na+].[OH-]. The predicted octanol–water partition coefficient (Wildman–Crippen LogP) is 8.15. The number of hydrogen-bond acceptors (Lipinski definition) is 39. The van der Waals surface area contributed by atoms with Crippen molar-refractivity contribution in [2.24, 2.45) is 10.0 Å².